The number of nitrogens with one attached hydrogen (secondary N) is 1. The van der Waals surface area contributed by atoms with Crippen LogP contribution in [0.2, 0.25) is 0 Å². The number of alkyl carbamates (subject to hydrolysis) is 1. The van der Waals surface area contributed by atoms with Gasteiger partial charge in [-0.2, -0.15) is 0 Å². The highest BCUT2D eigenvalue weighted by molar-refractivity contribution is 5.67. The summed E-state index contributed by atoms with van der Waals surface area (Å²) in [4.78, 5) is 11.7. The van der Waals surface area contributed by atoms with Gasteiger partial charge in [-0.25, -0.2) is 4.79 Å². The molecule has 0 bridgehead atoms. The Morgan fingerprint density at radius 1 is 0.349 bits per heavy atom. The molecule has 14 nitrogen and oxygen atoms in total. The third kappa shape index (κ3) is 22.8. The number of carbonyl (C=O) groups excluding carboxylic acids is 1. The predicted molar refractivity (Wildman–Crippen MR) is 238 cm³/mol. The van der Waals surface area contributed by atoms with E-state index >= 15 is 0 Å². The molecule has 0 fully saturated rings. The monoisotopic (exact) mass is 877 g/mol. The van der Waals surface area contributed by atoms with Gasteiger partial charge >= 0.3 is 6.09 Å². The molecule has 0 aliphatic rings. The number of hydrogen-bond acceptors (Lipinski definition) is 13. The lowest BCUT2D eigenvalue weighted by molar-refractivity contribution is -0.0399. The summed E-state index contributed by atoms with van der Waals surface area (Å²) in [6, 6.07) is 40.5. The van der Waals surface area contributed by atoms with E-state index in [2.05, 4.69) is 41.7 Å². The molecule has 4 aromatic rings. The van der Waals surface area contributed by atoms with Crippen LogP contribution in [0.3, 0.4) is 0 Å². The molecule has 0 aliphatic heterocycles. The minimum Gasteiger partial charge on any atom is -0.445 e. The molecular formula is C49H67NO13. The minimum absolute atomic E-state index is 0.234. The van der Waals surface area contributed by atoms with Crippen molar-refractivity contribution in [1.82, 2.24) is 5.32 Å². The van der Waals surface area contributed by atoms with Gasteiger partial charge in [0, 0.05) is 6.54 Å². The lowest BCUT2D eigenvalue weighted by Crippen LogP contribution is -2.34. The number of amides is 1. The van der Waals surface area contributed by atoms with Crippen molar-refractivity contribution in [3.63, 3.8) is 0 Å². The summed E-state index contributed by atoms with van der Waals surface area (Å²) < 4.78 is 67.5. The Labute approximate surface area is 373 Å². The zero-order chi connectivity index (χ0) is 44.0. The quantitative estimate of drug-likeness (QED) is 0.0409. The van der Waals surface area contributed by atoms with Crippen molar-refractivity contribution in [1.29, 1.82) is 0 Å². The SMILES string of the molecule is O=C(NCCOCCOCCOCCOCCOCCOCCOCCOCCOCCOCCOC(c1ccccc1)(c1ccccc1)c1ccccc1)OCc1ccccc1. The van der Waals surface area contributed by atoms with E-state index in [0.717, 1.165) is 22.3 Å². The molecule has 0 saturated heterocycles. The second kappa shape index (κ2) is 35.1. The highest BCUT2D eigenvalue weighted by Gasteiger charge is 2.37. The standard InChI is InChI=1S/C49H67NO13/c51-48(62-43-44-13-5-1-6-14-44)50-21-22-52-23-24-53-25-26-54-27-28-55-29-30-56-31-32-57-33-34-58-35-36-59-37-38-60-39-40-61-41-42-63-49(45-15-7-2-8-16-45,46-17-9-3-10-18-46)47-19-11-4-12-20-47/h1-20H,21-43H2,(H,50,51). The second-order valence-corrected chi connectivity index (χ2v) is 13.7. The first kappa shape index (κ1) is 51.3. The normalized spacial score (nSPS) is 11.5. The number of carbonyl (C=O) groups is 1. The summed E-state index contributed by atoms with van der Waals surface area (Å²) in [6.45, 7) is 10.3. The fraction of sp³-hybridized carbons (Fsp3) is 0.490. The highest BCUT2D eigenvalue weighted by atomic mass is 16.6. The van der Waals surface area contributed by atoms with E-state index in [1.807, 2.05) is 84.9 Å². The summed E-state index contributed by atoms with van der Waals surface area (Å²) in [7, 11) is 0. The largest absolute Gasteiger partial charge is 0.445 e. The summed E-state index contributed by atoms with van der Waals surface area (Å²) >= 11 is 0. The molecule has 63 heavy (non-hydrogen) atoms. The summed E-state index contributed by atoms with van der Waals surface area (Å²) in [6.07, 6.45) is -0.471. The van der Waals surface area contributed by atoms with E-state index < -0.39 is 11.7 Å². The third-order valence-electron chi connectivity index (χ3n) is 9.16. The number of hydrogen-bond donors (Lipinski definition) is 1. The van der Waals surface area contributed by atoms with Crippen LogP contribution >= 0.6 is 0 Å². The summed E-state index contributed by atoms with van der Waals surface area (Å²) in [5.74, 6) is 0. The first-order valence-electron chi connectivity index (χ1n) is 21.8. The van der Waals surface area contributed by atoms with E-state index in [1.165, 1.54) is 0 Å². The number of benzene rings is 4. The van der Waals surface area contributed by atoms with Gasteiger partial charge in [-0.15, -0.1) is 0 Å². The van der Waals surface area contributed by atoms with E-state index in [4.69, 9.17) is 56.8 Å². The van der Waals surface area contributed by atoms with Crippen molar-refractivity contribution in [3.8, 4) is 0 Å². The van der Waals surface area contributed by atoms with Gasteiger partial charge in [0.25, 0.3) is 0 Å². The van der Waals surface area contributed by atoms with Crippen molar-refractivity contribution in [2.75, 3.05) is 145 Å². The maximum atomic E-state index is 11.7. The molecule has 0 radical (unpaired) electrons. The van der Waals surface area contributed by atoms with Crippen LogP contribution in [0.4, 0.5) is 4.79 Å². The van der Waals surface area contributed by atoms with Gasteiger partial charge < -0.3 is 62.2 Å². The van der Waals surface area contributed by atoms with Gasteiger partial charge in [0.15, 0.2) is 0 Å². The molecule has 0 heterocycles. The predicted octanol–water partition coefficient (Wildman–Crippen LogP) is 6.09. The van der Waals surface area contributed by atoms with E-state index in [0.29, 0.717) is 145 Å². The molecule has 0 spiro atoms. The van der Waals surface area contributed by atoms with Gasteiger partial charge in [0.05, 0.1) is 139 Å². The molecule has 346 valence electrons. The van der Waals surface area contributed by atoms with Crippen LogP contribution in [-0.2, 0) is 69.1 Å². The Bertz CT molecular complexity index is 1540. The minimum atomic E-state index is -0.759. The van der Waals surface area contributed by atoms with Gasteiger partial charge in [0.1, 0.15) is 12.2 Å². The van der Waals surface area contributed by atoms with Crippen LogP contribution in [0, 0.1) is 0 Å². The molecule has 14 heteroatoms. The molecule has 0 saturated carbocycles. The fourth-order valence-corrected chi connectivity index (χ4v) is 6.10. The molecule has 4 aromatic carbocycles. The van der Waals surface area contributed by atoms with Crippen LogP contribution in [0.15, 0.2) is 121 Å². The maximum absolute atomic E-state index is 11.7. The Balaban J connectivity index is 0.829. The molecule has 0 unspecified atom stereocenters. The van der Waals surface area contributed by atoms with Gasteiger partial charge in [-0.05, 0) is 22.3 Å². The molecule has 0 aliphatic carbocycles. The molecule has 1 amide bonds. The average Bonchev–Trinajstić information content (AvgIpc) is 3.33. The average molecular weight is 878 g/mol. The molecular weight excluding hydrogens is 811 g/mol. The van der Waals surface area contributed by atoms with Crippen LogP contribution in [0.25, 0.3) is 0 Å². The van der Waals surface area contributed by atoms with Crippen LogP contribution in [0.5, 0.6) is 0 Å². The van der Waals surface area contributed by atoms with Crippen molar-refractivity contribution >= 4 is 6.09 Å². The van der Waals surface area contributed by atoms with Gasteiger partial charge in [-0.3, -0.25) is 0 Å². The maximum Gasteiger partial charge on any atom is 0.407 e. The molecule has 4 rings (SSSR count). The Morgan fingerprint density at radius 3 is 0.937 bits per heavy atom. The van der Waals surface area contributed by atoms with Crippen molar-refractivity contribution < 1.29 is 61.6 Å². The number of rotatable bonds is 39. The van der Waals surface area contributed by atoms with Gasteiger partial charge in [0.2, 0.25) is 0 Å². The topological polar surface area (TPSA) is 140 Å². The van der Waals surface area contributed by atoms with E-state index in [1.54, 1.807) is 0 Å². The smallest absolute Gasteiger partial charge is 0.407 e. The second-order valence-electron chi connectivity index (χ2n) is 13.7. The number of ether oxygens (including phenoxy) is 12. The summed E-state index contributed by atoms with van der Waals surface area (Å²) in [5, 5.41) is 2.65. The third-order valence-corrected chi connectivity index (χ3v) is 9.16. The lowest BCUT2D eigenvalue weighted by Gasteiger charge is -2.36. The first-order valence-corrected chi connectivity index (χ1v) is 21.8. The fourth-order valence-electron chi connectivity index (χ4n) is 6.10. The molecule has 0 aromatic heterocycles. The highest BCUT2D eigenvalue weighted by Crippen LogP contribution is 2.40. The van der Waals surface area contributed by atoms with Crippen molar-refractivity contribution in [2.45, 2.75) is 12.2 Å². The Kier molecular flexibility index (Phi) is 28.6. The van der Waals surface area contributed by atoms with Gasteiger partial charge in [-0.1, -0.05) is 121 Å². The van der Waals surface area contributed by atoms with Crippen LogP contribution in [0.1, 0.15) is 22.3 Å². The Hall–Kier alpha value is -4.29. The molecule has 1 N–H and O–H groups in total. The van der Waals surface area contributed by atoms with E-state index in [-0.39, 0.29) is 6.61 Å². The van der Waals surface area contributed by atoms with Crippen molar-refractivity contribution in [2.24, 2.45) is 0 Å². The van der Waals surface area contributed by atoms with Crippen LogP contribution in [-0.4, -0.2) is 151 Å². The first-order chi connectivity index (χ1) is 31.3. The van der Waals surface area contributed by atoms with Crippen molar-refractivity contribution in [3.05, 3.63) is 144 Å². The Morgan fingerprint density at radius 2 is 0.619 bits per heavy atom. The summed E-state index contributed by atoms with van der Waals surface area (Å²) in [5.41, 5.74) is 3.36. The van der Waals surface area contributed by atoms with E-state index in [9.17, 15) is 4.79 Å². The van der Waals surface area contributed by atoms with Crippen LogP contribution < -0.4 is 5.32 Å². The lowest BCUT2D eigenvalue weighted by atomic mass is 9.80. The zero-order valence-electron chi connectivity index (χ0n) is 36.6. The zero-order valence-corrected chi connectivity index (χ0v) is 36.6. The molecule has 0 atom stereocenters.